The first-order chi connectivity index (χ1) is 8.61. The van der Waals surface area contributed by atoms with Gasteiger partial charge in [0, 0.05) is 17.5 Å². The molecule has 0 atom stereocenters. The standard InChI is InChI=1S/C14H17ClFNO/c1-17-11-5-2-9(3-6-11)14(18)10-4-7-13(16)12(15)8-10/h4,7-9,11,17H,2-3,5-6H2,1H3. The third-order valence-electron chi connectivity index (χ3n) is 3.71. The van der Waals surface area contributed by atoms with E-state index in [4.69, 9.17) is 11.6 Å². The third kappa shape index (κ3) is 2.90. The summed E-state index contributed by atoms with van der Waals surface area (Å²) >= 11 is 5.71. The molecule has 1 aromatic rings. The number of hydrogen-bond donors (Lipinski definition) is 1. The fourth-order valence-corrected chi connectivity index (χ4v) is 2.71. The number of hydrogen-bond acceptors (Lipinski definition) is 2. The molecule has 0 amide bonds. The minimum atomic E-state index is -0.480. The predicted molar refractivity (Wildman–Crippen MR) is 70.5 cm³/mol. The first kappa shape index (κ1) is 13.5. The molecule has 0 spiro atoms. The molecule has 0 aromatic heterocycles. The van der Waals surface area contributed by atoms with Gasteiger partial charge < -0.3 is 5.32 Å². The maximum absolute atomic E-state index is 13.0. The summed E-state index contributed by atoms with van der Waals surface area (Å²) < 4.78 is 13.0. The fourth-order valence-electron chi connectivity index (χ4n) is 2.53. The van der Waals surface area contributed by atoms with E-state index >= 15 is 0 Å². The molecule has 0 bridgehead atoms. The van der Waals surface area contributed by atoms with Crippen LogP contribution in [0, 0.1) is 11.7 Å². The van der Waals surface area contributed by atoms with E-state index in [2.05, 4.69) is 5.32 Å². The topological polar surface area (TPSA) is 29.1 Å². The Balaban J connectivity index is 2.05. The Morgan fingerprint density at radius 1 is 1.33 bits per heavy atom. The second-order valence-electron chi connectivity index (χ2n) is 4.83. The van der Waals surface area contributed by atoms with E-state index < -0.39 is 5.82 Å². The first-order valence-electron chi connectivity index (χ1n) is 6.28. The molecular weight excluding hydrogens is 253 g/mol. The predicted octanol–water partition coefficient (Wildman–Crippen LogP) is 3.44. The zero-order valence-electron chi connectivity index (χ0n) is 10.4. The lowest BCUT2D eigenvalue weighted by atomic mass is 9.81. The Kier molecular flexibility index (Phi) is 4.36. The minimum Gasteiger partial charge on any atom is -0.317 e. The molecule has 1 aliphatic rings. The molecule has 1 saturated carbocycles. The SMILES string of the molecule is CNC1CCC(C(=O)c2ccc(F)c(Cl)c2)CC1. The molecule has 0 saturated heterocycles. The van der Waals surface area contributed by atoms with Crippen molar-refractivity contribution in [1.82, 2.24) is 5.32 Å². The number of benzene rings is 1. The Bertz CT molecular complexity index is 441. The highest BCUT2D eigenvalue weighted by Crippen LogP contribution is 2.28. The highest BCUT2D eigenvalue weighted by molar-refractivity contribution is 6.31. The van der Waals surface area contributed by atoms with Gasteiger partial charge in [0.1, 0.15) is 5.82 Å². The number of carbonyl (C=O) groups excluding carboxylic acids is 1. The Hall–Kier alpha value is -0.930. The Labute approximate surface area is 112 Å². The van der Waals surface area contributed by atoms with Crippen LogP contribution in [-0.2, 0) is 0 Å². The van der Waals surface area contributed by atoms with Gasteiger partial charge in [-0.25, -0.2) is 4.39 Å². The first-order valence-corrected chi connectivity index (χ1v) is 6.66. The maximum Gasteiger partial charge on any atom is 0.165 e. The van der Waals surface area contributed by atoms with E-state index in [1.165, 1.54) is 18.2 Å². The second kappa shape index (κ2) is 5.81. The van der Waals surface area contributed by atoms with Crippen LogP contribution in [0.1, 0.15) is 36.0 Å². The van der Waals surface area contributed by atoms with Crippen molar-refractivity contribution in [1.29, 1.82) is 0 Å². The normalized spacial score (nSPS) is 23.9. The summed E-state index contributed by atoms with van der Waals surface area (Å²) in [5.41, 5.74) is 0.523. The zero-order valence-corrected chi connectivity index (χ0v) is 11.1. The van der Waals surface area contributed by atoms with Crippen molar-refractivity contribution in [2.75, 3.05) is 7.05 Å². The molecule has 1 aliphatic carbocycles. The van der Waals surface area contributed by atoms with Gasteiger partial charge in [0.2, 0.25) is 0 Å². The summed E-state index contributed by atoms with van der Waals surface area (Å²) in [7, 11) is 1.95. The van der Waals surface area contributed by atoms with Crippen LogP contribution in [0.2, 0.25) is 5.02 Å². The Morgan fingerprint density at radius 3 is 2.56 bits per heavy atom. The summed E-state index contributed by atoms with van der Waals surface area (Å²) in [6.07, 6.45) is 3.81. The van der Waals surface area contributed by atoms with Crippen LogP contribution in [0.4, 0.5) is 4.39 Å². The number of nitrogens with one attached hydrogen (secondary N) is 1. The second-order valence-corrected chi connectivity index (χ2v) is 5.24. The van der Waals surface area contributed by atoms with Gasteiger partial charge >= 0.3 is 0 Å². The van der Waals surface area contributed by atoms with Crippen LogP contribution in [0.25, 0.3) is 0 Å². The van der Waals surface area contributed by atoms with E-state index in [1.54, 1.807) is 0 Å². The summed E-state index contributed by atoms with van der Waals surface area (Å²) in [6, 6.07) is 4.73. The molecule has 18 heavy (non-hydrogen) atoms. The molecule has 98 valence electrons. The number of carbonyl (C=O) groups is 1. The quantitative estimate of drug-likeness (QED) is 0.852. The van der Waals surface area contributed by atoms with Gasteiger partial charge in [0.25, 0.3) is 0 Å². The average molecular weight is 270 g/mol. The van der Waals surface area contributed by atoms with Gasteiger partial charge in [-0.05, 0) is 50.9 Å². The molecule has 1 N–H and O–H groups in total. The van der Waals surface area contributed by atoms with Gasteiger partial charge in [-0.1, -0.05) is 11.6 Å². The maximum atomic E-state index is 13.0. The lowest BCUT2D eigenvalue weighted by Crippen LogP contribution is -2.32. The van der Waals surface area contributed by atoms with E-state index in [0.29, 0.717) is 11.6 Å². The molecule has 4 heteroatoms. The minimum absolute atomic E-state index is 0.0183. The lowest BCUT2D eigenvalue weighted by molar-refractivity contribution is 0.0881. The third-order valence-corrected chi connectivity index (χ3v) is 4.00. The van der Waals surface area contributed by atoms with Gasteiger partial charge in [0.15, 0.2) is 5.78 Å². The average Bonchev–Trinajstić information content (AvgIpc) is 2.41. The number of rotatable bonds is 3. The molecule has 1 fully saturated rings. The highest BCUT2D eigenvalue weighted by atomic mass is 35.5. The summed E-state index contributed by atoms with van der Waals surface area (Å²) in [4.78, 5) is 12.3. The summed E-state index contributed by atoms with van der Waals surface area (Å²) in [5.74, 6) is -0.338. The molecule has 2 rings (SSSR count). The summed E-state index contributed by atoms with van der Waals surface area (Å²) in [6.45, 7) is 0. The van der Waals surface area contributed by atoms with E-state index in [1.807, 2.05) is 7.05 Å². The van der Waals surface area contributed by atoms with Crippen molar-refractivity contribution in [3.63, 3.8) is 0 Å². The van der Waals surface area contributed by atoms with Crippen LogP contribution >= 0.6 is 11.6 Å². The molecule has 0 heterocycles. The van der Waals surface area contributed by atoms with E-state index in [0.717, 1.165) is 25.7 Å². The van der Waals surface area contributed by atoms with Gasteiger partial charge in [-0.2, -0.15) is 0 Å². The molecule has 0 radical (unpaired) electrons. The van der Waals surface area contributed by atoms with Gasteiger partial charge in [0.05, 0.1) is 5.02 Å². The van der Waals surface area contributed by atoms with Crippen LogP contribution in [0.3, 0.4) is 0 Å². The monoisotopic (exact) mass is 269 g/mol. The molecular formula is C14H17ClFNO. The molecule has 0 aliphatic heterocycles. The number of ketones is 1. The smallest absolute Gasteiger partial charge is 0.165 e. The number of halogens is 2. The zero-order chi connectivity index (χ0) is 13.1. The molecule has 0 unspecified atom stereocenters. The van der Waals surface area contributed by atoms with Crippen LogP contribution in [0.15, 0.2) is 18.2 Å². The molecule has 1 aromatic carbocycles. The fraction of sp³-hybridized carbons (Fsp3) is 0.500. The van der Waals surface area contributed by atoms with Crippen molar-refractivity contribution in [2.45, 2.75) is 31.7 Å². The van der Waals surface area contributed by atoms with E-state index in [9.17, 15) is 9.18 Å². The van der Waals surface area contributed by atoms with Crippen LogP contribution in [0.5, 0.6) is 0 Å². The van der Waals surface area contributed by atoms with Crippen molar-refractivity contribution in [2.24, 2.45) is 5.92 Å². The van der Waals surface area contributed by atoms with E-state index in [-0.39, 0.29) is 16.7 Å². The van der Waals surface area contributed by atoms with Gasteiger partial charge in [-0.3, -0.25) is 4.79 Å². The largest absolute Gasteiger partial charge is 0.317 e. The lowest BCUT2D eigenvalue weighted by Gasteiger charge is -2.27. The van der Waals surface area contributed by atoms with Gasteiger partial charge in [-0.15, -0.1) is 0 Å². The van der Waals surface area contributed by atoms with Crippen LogP contribution < -0.4 is 5.32 Å². The van der Waals surface area contributed by atoms with Crippen molar-refractivity contribution in [3.05, 3.63) is 34.6 Å². The highest BCUT2D eigenvalue weighted by Gasteiger charge is 2.26. The van der Waals surface area contributed by atoms with Crippen molar-refractivity contribution >= 4 is 17.4 Å². The number of Topliss-reactive ketones (excluding diaryl/α,β-unsaturated/α-hetero) is 1. The van der Waals surface area contributed by atoms with Crippen molar-refractivity contribution in [3.8, 4) is 0 Å². The summed E-state index contributed by atoms with van der Waals surface area (Å²) in [5, 5.41) is 3.26. The van der Waals surface area contributed by atoms with Crippen LogP contribution in [-0.4, -0.2) is 18.9 Å². The Morgan fingerprint density at radius 2 is 2.00 bits per heavy atom. The molecule has 2 nitrogen and oxygen atoms in total. The van der Waals surface area contributed by atoms with Crippen molar-refractivity contribution < 1.29 is 9.18 Å².